The molecule has 1 aromatic rings. The van der Waals surface area contributed by atoms with Gasteiger partial charge in [-0.2, -0.15) is 0 Å². The Morgan fingerprint density at radius 3 is 2.45 bits per heavy atom. The first-order chi connectivity index (χ1) is 10.8. The summed E-state index contributed by atoms with van der Waals surface area (Å²) >= 11 is 0. The van der Waals surface area contributed by atoms with Crippen molar-refractivity contribution < 1.29 is 9.53 Å². The Bertz CT molecular complexity index is 474. The van der Waals surface area contributed by atoms with Crippen molar-refractivity contribution in [2.45, 2.75) is 50.5 Å². The minimum atomic E-state index is -0.00525. The molecule has 1 amide bonds. The second-order valence-corrected chi connectivity index (χ2v) is 6.43. The molecular formula is C18H26N2O2. The van der Waals surface area contributed by atoms with Crippen molar-refractivity contribution in [3.8, 4) is 5.75 Å². The van der Waals surface area contributed by atoms with Crippen LogP contribution in [0.4, 0.5) is 0 Å². The van der Waals surface area contributed by atoms with Crippen LogP contribution in [0.2, 0.25) is 0 Å². The Kier molecular flexibility index (Phi) is 5.33. The topological polar surface area (TPSA) is 50.4 Å². The monoisotopic (exact) mass is 302 g/mol. The summed E-state index contributed by atoms with van der Waals surface area (Å²) in [5.41, 5.74) is 1.38. The van der Waals surface area contributed by atoms with Gasteiger partial charge in [-0.25, -0.2) is 0 Å². The fourth-order valence-corrected chi connectivity index (χ4v) is 3.48. The number of hydrogen-bond donors (Lipinski definition) is 2. The number of hydrogen-bond acceptors (Lipinski definition) is 3. The Hall–Kier alpha value is -1.55. The van der Waals surface area contributed by atoms with Crippen LogP contribution in [0.3, 0.4) is 0 Å². The minimum Gasteiger partial charge on any atom is -0.484 e. The van der Waals surface area contributed by atoms with Crippen LogP contribution in [-0.4, -0.2) is 31.6 Å². The Morgan fingerprint density at radius 2 is 1.77 bits per heavy atom. The highest BCUT2D eigenvalue weighted by Gasteiger charge is 2.17. The van der Waals surface area contributed by atoms with Gasteiger partial charge in [0.15, 0.2) is 6.61 Å². The summed E-state index contributed by atoms with van der Waals surface area (Å²) in [7, 11) is 0. The molecule has 1 heterocycles. The van der Waals surface area contributed by atoms with Crippen LogP contribution in [0.1, 0.15) is 50.0 Å². The number of ether oxygens (including phenoxy) is 1. The molecular weight excluding hydrogens is 276 g/mol. The van der Waals surface area contributed by atoms with Gasteiger partial charge in [0, 0.05) is 6.04 Å². The first-order valence-corrected chi connectivity index (χ1v) is 8.54. The van der Waals surface area contributed by atoms with Crippen LogP contribution in [0, 0.1) is 0 Å². The average molecular weight is 302 g/mol. The van der Waals surface area contributed by atoms with Gasteiger partial charge in [0.25, 0.3) is 5.91 Å². The van der Waals surface area contributed by atoms with E-state index in [9.17, 15) is 4.79 Å². The minimum absolute atomic E-state index is 0.00525. The van der Waals surface area contributed by atoms with Gasteiger partial charge in [-0.3, -0.25) is 4.79 Å². The van der Waals surface area contributed by atoms with Crippen molar-refractivity contribution in [2.75, 3.05) is 19.7 Å². The molecule has 0 aromatic heterocycles. The van der Waals surface area contributed by atoms with Gasteiger partial charge in [-0.15, -0.1) is 0 Å². The highest BCUT2D eigenvalue weighted by Crippen LogP contribution is 2.26. The fraction of sp³-hybridized carbons (Fsp3) is 0.611. The molecule has 0 bridgehead atoms. The molecule has 1 aliphatic heterocycles. The SMILES string of the molecule is O=C(COc1ccc(C2CCNCC2)cc1)NC1CCCC1. The van der Waals surface area contributed by atoms with E-state index in [1.54, 1.807) is 0 Å². The molecule has 2 fully saturated rings. The maximum atomic E-state index is 11.8. The molecule has 2 aliphatic rings. The first kappa shape index (κ1) is 15.3. The van der Waals surface area contributed by atoms with Crippen molar-refractivity contribution in [3.05, 3.63) is 29.8 Å². The molecule has 1 aromatic carbocycles. The zero-order chi connectivity index (χ0) is 15.2. The van der Waals surface area contributed by atoms with Gasteiger partial charge in [0.1, 0.15) is 5.75 Å². The smallest absolute Gasteiger partial charge is 0.258 e. The molecule has 3 rings (SSSR count). The zero-order valence-corrected chi connectivity index (χ0v) is 13.1. The van der Waals surface area contributed by atoms with Gasteiger partial charge in [-0.05, 0) is 62.4 Å². The van der Waals surface area contributed by atoms with Gasteiger partial charge in [0.05, 0.1) is 0 Å². The average Bonchev–Trinajstić information content (AvgIpc) is 3.07. The standard InChI is InChI=1S/C18H26N2O2/c21-18(20-16-3-1-2-4-16)13-22-17-7-5-14(6-8-17)15-9-11-19-12-10-15/h5-8,15-16,19H,1-4,9-13H2,(H,20,21). The number of amides is 1. The third-order valence-corrected chi connectivity index (χ3v) is 4.78. The Labute approximate surface area is 132 Å². The predicted octanol–water partition coefficient (Wildman–Crippen LogP) is 2.59. The van der Waals surface area contributed by atoms with Crippen LogP contribution in [-0.2, 0) is 4.79 Å². The van der Waals surface area contributed by atoms with Crippen LogP contribution < -0.4 is 15.4 Å². The maximum Gasteiger partial charge on any atom is 0.258 e. The van der Waals surface area contributed by atoms with Crippen LogP contribution >= 0.6 is 0 Å². The summed E-state index contributed by atoms with van der Waals surface area (Å²) in [6, 6.07) is 8.61. The summed E-state index contributed by atoms with van der Waals surface area (Å²) in [6.07, 6.45) is 7.06. The van der Waals surface area contributed by atoms with Crippen molar-refractivity contribution in [1.29, 1.82) is 0 Å². The number of carbonyl (C=O) groups is 1. The fourth-order valence-electron chi connectivity index (χ4n) is 3.48. The lowest BCUT2D eigenvalue weighted by Gasteiger charge is -2.23. The second kappa shape index (κ2) is 7.63. The molecule has 4 heteroatoms. The number of nitrogens with one attached hydrogen (secondary N) is 2. The second-order valence-electron chi connectivity index (χ2n) is 6.43. The van der Waals surface area contributed by atoms with E-state index in [-0.39, 0.29) is 12.5 Å². The van der Waals surface area contributed by atoms with Gasteiger partial charge < -0.3 is 15.4 Å². The van der Waals surface area contributed by atoms with E-state index in [1.165, 1.54) is 31.2 Å². The van der Waals surface area contributed by atoms with Gasteiger partial charge in [0.2, 0.25) is 0 Å². The van der Waals surface area contributed by atoms with Crippen molar-refractivity contribution >= 4 is 5.91 Å². The van der Waals surface area contributed by atoms with E-state index in [0.717, 1.165) is 31.7 Å². The molecule has 0 unspecified atom stereocenters. The normalized spacial score (nSPS) is 20.0. The van der Waals surface area contributed by atoms with E-state index in [0.29, 0.717) is 12.0 Å². The first-order valence-electron chi connectivity index (χ1n) is 8.54. The van der Waals surface area contributed by atoms with Gasteiger partial charge in [-0.1, -0.05) is 25.0 Å². The summed E-state index contributed by atoms with van der Waals surface area (Å²) < 4.78 is 5.60. The molecule has 0 spiro atoms. The van der Waals surface area contributed by atoms with E-state index >= 15 is 0 Å². The van der Waals surface area contributed by atoms with Crippen molar-refractivity contribution in [1.82, 2.24) is 10.6 Å². The molecule has 1 saturated heterocycles. The Balaban J connectivity index is 1.45. The zero-order valence-electron chi connectivity index (χ0n) is 13.1. The third kappa shape index (κ3) is 4.23. The highest BCUT2D eigenvalue weighted by atomic mass is 16.5. The van der Waals surface area contributed by atoms with Crippen LogP contribution in [0.5, 0.6) is 5.75 Å². The predicted molar refractivity (Wildman–Crippen MR) is 87.2 cm³/mol. The third-order valence-electron chi connectivity index (χ3n) is 4.78. The lowest BCUT2D eigenvalue weighted by atomic mass is 9.90. The summed E-state index contributed by atoms with van der Waals surface area (Å²) in [6.45, 7) is 2.32. The van der Waals surface area contributed by atoms with E-state index < -0.39 is 0 Å². The number of piperidine rings is 1. The van der Waals surface area contributed by atoms with E-state index in [1.807, 2.05) is 12.1 Å². The van der Waals surface area contributed by atoms with Gasteiger partial charge >= 0.3 is 0 Å². The largest absolute Gasteiger partial charge is 0.484 e. The molecule has 22 heavy (non-hydrogen) atoms. The number of carbonyl (C=O) groups excluding carboxylic acids is 1. The molecule has 1 saturated carbocycles. The summed E-state index contributed by atoms with van der Waals surface area (Å²) in [5.74, 6) is 1.43. The number of rotatable bonds is 5. The maximum absolute atomic E-state index is 11.8. The molecule has 0 atom stereocenters. The molecule has 4 nitrogen and oxygen atoms in total. The van der Waals surface area contributed by atoms with E-state index in [2.05, 4.69) is 22.8 Å². The summed E-state index contributed by atoms with van der Waals surface area (Å²) in [5, 5.41) is 6.43. The van der Waals surface area contributed by atoms with Crippen molar-refractivity contribution in [2.24, 2.45) is 0 Å². The van der Waals surface area contributed by atoms with Crippen molar-refractivity contribution in [3.63, 3.8) is 0 Å². The lowest BCUT2D eigenvalue weighted by molar-refractivity contribution is -0.123. The Morgan fingerprint density at radius 1 is 1.09 bits per heavy atom. The number of benzene rings is 1. The molecule has 2 N–H and O–H groups in total. The van der Waals surface area contributed by atoms with E-state index in [4.69, 9.17) is 4.74 Å². The molecule has 1 aliphatic carbocycles. The highest BCUT2D eigenvalue weighted by molar-refractivity contribution is 5.77. The quantitative estimate of drug-likeness (QED) is 0.879. The van der Waals surface area contributed by atoms with Crippen LogP contribution in [0.15, 0.2) is 24.3 Å². The lowest BCUT2D eigenvalue weighted by Crippen LogP contribution is -2.36. The molecule has 0 radical (unpaired) electrons. The molecule has 120 valence electrons. The summed E-state index contributed by atoms with van der Waals surface area (Å²) in [4.78, 5) is 11.8. The van der Waals surface area contributed by atoms with Crippen LogP contribution in [0.25, 0.3) is 0 Å².